The maximum Gasteiger partial charge on any atom is 0.248 e. The highest BCUT2D eigenvalue weighted by molar-refractivity contribution is 7.89. The van der Waals surface area contributed by atoms with Crippen LogP contribution in [0.5, 0.6) is 5.75 Å². The number of rotatable bonds is 7. The summed E-state index contributed by atoms with van der Waals surface area (Å²) in [6.45, 7) is 3.41. The fourth-order valence-electron chi connectivity index (χ4n) is 3.60. The Hall–Kier alpha value is -2.62. The van der Waals surface area contributed by atoms with Crippen molar-refractivity contribution in [2.75, 3.05) is 38.7 Å². The van der Waals surface area contributed by atoms with Gasteiger partial charge >= 0.3 is 0 Å². The van der Waals surface area contributed by atoms with E-state index < -0.39 is 15.9 Å². The number of carbonyl (C=O) groups is 1. The van der Waals surface area contributed by atoms with E-state index in [1.807, 2.05) is 12.1 Å². The van der Waals surface area contributed by atoms with Crippen LogP contribution in [0.25, 0.3) is 6.08 Å². The standard InChI is InChI=1S/C22H26N2O6S/c1-15-13-18(15)19-7-4-17(30-19)5-8-22(25)23-16-3-6-20(28-2)21(14-16)31(26,27)24-9-11-29-12-10-24/h3-8,14-15,18H,9-13H2,1-2H3,(H,23,25)/b8-5-/t15-,18+/m0/s1. The van der Waals surface area contributed by atoms with Crippen molar-refractivity contribution in [3.63, 3.8) is 0 Å². The molecule has 1 aliphatic heterocycles. The Balaban J connectivity index is 1.47. The molecule has 1 saturated heterocycles. The van der Waals surface area contributed by atoms with Crippen LogP contribution in [0.2, 0.25) is 0 Å². The van der Waals surface area contributed by atoms with Crippen LogP contribution in [-0.4, -0.2) is 52.0 Å². The largest absolute Gasteiger partial charge is 0.495 e. The minimum atomic E-state index is -3.78. The molecular weight excluding hydrogens is 420 g/mol. The Morgan fingerprint density at radius 2 is 1.97 bits per heavy atom. The average Bonchev–Trinajstić information content (AvgIpc) is 3.32. The molecule has 0 bridgehead atoms. The molecule has 2 atom stereocenters. The van der Waals surface area contributed by atoms with E-state index in [2.05, 4.69) is 12.2 Å². The summed E-state index contributed by atoms with van der Waals surface area (Å²) < 4.78 is 43.7. The topological polar surface area (TPSA) is 98.1 Å². The first kappa shape index (κ1) is 21.6. The summed E-state index contributed by atoms with van der Waals surface area (Å²) in [5.74, 6) is 2.50. The van der Waals surface area contributed by atoms with Crippen molar-refractivity contribution in [1.29, 1.82) is 0 Å². The minimum absolute atomic E-state index is 0.00732. The van der Waals surface area contributed by atoms with E-state index in [9.17, 15) is 13.2 Å². The number of ether oxygens (including phenoxy) is 2. The smallest absolute Gasteiger partial charge is 0.248 e. The molecule has 0 unspecified atom stereocenters. The van der Waals surface area contributed by atoms with Gasteiger partial charge in [0.1, 0.15) is 22.2 Å². The third kappa shape index (κ3) is 4.84. The van der Waals surface area contributed by atoms with Crippen LogP contribution >= 0.6 is 0 Å². The molecule has 31 heavy (non-hydrogen) atoms. The lowest BCUT2D eigenvalue weighted by atomic mass is 10.3. The molecule has 2 aliphatic rings. The molecule has 9 heteroatoms. The highest BCUT2D eigenvalue weighted by Crippen LogP contribution is 2.47. The van der Waals surface area contributed by atoms with E-state index in [0.717, 1.165) is 12.2 Å². The summed E-state index contributed by atoms with van der Waals surface area (Å²) in [5, 5.41) is 2.70. The SMILES string of the molecule is COc1ccc(NC(=O)/C=C\c2ccc([C@@H]3C[C@@H]3C)o2)cc1S(=O)(=O)N1CCOCC1. The number of amides is 1. The normalized spacial score (nSPS) is 21.9. The molecule has 1 amide bonds. The Kier molecular flexibility index (Phi) is 6.17. The highest BCUT2D eigenvalue weighted by Gasteiger charge is 2.36. The number of morpholine rings is 1. The van der Waals surface area contributed by atoms with Crippen molar-refractivity contribution >= 4 is 27.7 Å². The van der Waals surface area contributed by atoms with Gasteiger partial charge in [0.25, 0.3) is 0 Å². The number of furan rings is 1. The zero-order chi connectivity index (χ0) is 22.0. The summed E-state index contributed by atoms with van der Waals surface area (Å²) in [6, 6.07) is 8.32. The number of nitrogens with zero attached hydrogens (tertiary/aromatic N) is 1. The number of benzene rings is 1. The van der Waals surface area contributed by atoms with Gasteiger partial charge < -0.3 is 19.2 Å². The van der Waals surface area contributed by atoms with Gasteiger partial charge in [-0.3, -0.25) is 4.79 Å². The second-order valence-electron chi connectivity index (χ2n) is 7.76. The van der Waals surface area contributed by atoms with E-state index in [4.69, 9.17) is 13.9 Å². The number of methoxy groups -OCH3 is 1. The van der Waals surface area contributed by atoms with Gasteiger partial charge in [0.05, 0.1) is 20.3 Å². The highest BCUT2D eigenvalue weighted by atomic mass is 32.2. The fourth-order valence-corrected chi connectivity index (χ4v) is 5.19. The van der Waals surface area contributed by atoms with Crippen LogP contribution in [0, 0.1) is 5.92 Å². The van der Waals surface area contributed by atoms with Gasteiger partial charge in [-0.25, -0.2) is 8.42 Å². The van der Waals surface area contributed by atoms with Crippen LogP contribution in [0.15, 0.2) is 45.7 Å². The van der Waals surface area contributed by atoms with Crippen molar-refractivity contribution in [2.24, 2.45) is 5.92 Å². The molecule has 0 radical (unpaired) electrons. The van der Waals surface area contributed by atoms with Crippen molar-refractivity contribution in [2.45, 2.75) is 24.2 Å². The van der Waals surface area contributed by atoms with E-state index >= 15 is 0 Å². The third-order valence-corrected chi connectivity index (χ3v) is 7.46. The third-order valence-electron chi connectivity index (χ3n) is 5.54. The number of sulfonamides is 1. The first-order chi connectivity index (χ1) is 14.9. The fraction of sp³-hybridized carbons (Fsp3) is 0.409. The number of hydrogen-bond donors (Lipinski definition) is 1. The summed E-state index contributed by atoms with van der Waals surface area (Å²) in [4.78, 5) is 12.4. The summed E-state index contributed by atoms with van der Waals surface area (Å²) in [5.41, 5.74) is 0.356. The average molecular weight is 447 g/mol. The Bertz CT molecular complexity index is 1090. The molecule has 166 valence electrons. The molecule has 1 N–H and O–H groups in total. The molecule has 0 spiro atoms. The summed E-state index contributed by atoms with van der Waals surface area (Å²) >= 11 is 0. The van der Waals surface area contributed by atoms with E-state index in [0.29, 0.717) is 36.5 Å². The molecular formula is C22H26N2O6S. The zero-order valence-corrected chi connectivity index (χ0v) is 18.4. The van der Waals surface area contributed by atoms with Gasteiger partial charge in [0, 0.05) is 30.8 Å². The van der Waals surface area contributed by atoms with E-state index in [-0.39, 0.29) is 23.7 Å². The summed E-state index contributed by atoms with van der Waals surface area (Å²) in [7, 11) is -2.37. The molecule has 4 rings (SSSR count). The van der Waals surface area contributed by atoms with Crippen LogP contribution < -0.4 is 10.1 Å². The zero-order valence-electron chi connectivity index (χ0n) is 17.5. The lowest BCUT2D eigenvalue weighted by Gasteiger charge is -2.26. The van der Waals surface area contributed by atoms with Crippen LogP contribution in [-0.2, 0) is 19.6 Å². The predicted molar refractivity (Wildman–Crippen MR) is 115 cm³/mol. The van der Waals surface area contributed by atoms with E-state index in [1.54, 1.807) is 12.1 Å². The van der Waals surface area contributed by atoms with Gasteiger partial charge in [-0.05, 0) is 48.7 Å². The minimum Gasteiger partial charge on any atom is -0.495 e. The van der Waals surface area contributed by atoms with Crippen LogP contribution in [0.1, 0.15) is 30.8 Å². The molecule has 1 aromatic carbocycles. The molecule has 2 aromatic rings. The van der Waals surface area contributed by atoms with Gasteiger partial charge in [0.15, 0.2) is 0 Å². The van der Waals surface area contributed by atoms with Gasteiger partial charge in [-0.15, -0.1) is 0 Å². The maximum atomic E-state index is 13.1. The predicted octanol–water partition coefficient (Wildman–Crippen LogP) is 3.08. The van der Waals surface area contributed by atoms with Gasteiger partial charge in [-0.1, -0.05) is 6.92 Å². The summed E-state index contributed by atoms with van der Waals surface area (Å²) in [6.07, 6.45) is 4.09. The first-order valence-corrected chi connectivity index (χ1v) is 11.7. The maximum absolute atomic E-state index is 13.1. The Morgan fingerprint density at radius 3 is 2.65 bits per heavy atom. The number of anilines is 1. The Labute approximate surface area is 181 Å². The Morgan fingerprint density at radius 1 is 1.23 bits per heavy atom. The van der Waals surface area contributed by atoms with Crippen molar-refractivity contribution in [1.82, 2.24) is 4.31 Å². The lowest BCUT2D eigenvalue weighted by Crippen LogP contribution is -2.40. The van der Waals surface area contributed by atoms with Gasteiger partial charge in [0.2, 0.25) is 15.9 Å². The monoisotopic (exact) mass is 446 g/mol. The van der Waals surface area contributed by atoms with Gasteiger partial charge in [-0.2, -0.15) is 4.31 Å². The molecule has 2 fully saturated rings. The molecule has 1 saturated carbocycles. The second-order valence-corrected chi connectivity index (χ2v) is 9.67. The van der Waals surface area contributed by atoms with Crippen LogP contribution in [0.4, 0.5) is 5.69 Å². The number of nitrogens with one attached hydrogen (secondary N) is 1. The van der Waals surface area contributed by atoms with Crippen LogP contribution in [0.3, 0.4) is 0 Å². The van der Waals surface area contributed by atoms with E-state index in [1.165, 1.54) is 29.6 Å². The number of hydrogen-bond acceptors (Lipinski definition) is 6. The lowest BCUT2D eigenvalue weighted by molar-refractivity contribution is -0.111. The van der Waals surface area contributed by atoms with Crippen molar-refractivity contribution in [3.8, 4) is 5.75 Å². The molecule has 8 nitrogen and oxygen atoms in total. The van der Waals surface area contributed by atoms with Crippen molar-refractivity contribution < 1.29 is 27.1 Å². The quantitative estimate of drug-likeness (QED) is 0.657. The molecule has 2 heterocycles. The first-order valence-electron chi connectivity index (χ1n) is 10.2. The second kappa shape index (κ2) is 8.86. The van der Waals surface area contributed by atoms with Crippen molar-refractivity contribution in [3.05, 3.63) is 47.9 Å². The molecule has 1 aromatic heterocycles. The molecule has 1 aliphatic carbocycles. The number of carbonyl (C=O) groups excluding carboxylic acids is 1.